The molecule has 1 saturated carbocycles. The van der Waals surface area contributed by atoms with Crippen LogP contribution in [0.3, 0.4) is 0 Å². The minimum atomic E-state index is -0.0610. The number of aryl methyl sites for hydroxylation is 1. The van der Waals surface area contributed by atoms with Crippen LogP contribution in [0.1, 0.15) is 45.4 Å². The molecule has 0 spiro atoms. The predicted molar refractivity (Wildman–Crippen MR) is 79.5 cm³/mol. The lowest BCUT2D eigenvalue weighted by molar-refractivity contribution is -0.0747. The van der Waals surface area contributed by atoms with Gasteiger partial charge in [-0.2, -0.15) is 5.10 Å². The molecule has 1 aliphatic rings. The molecule has 1 unspecified atom stereocenters. The van der Waals surface area contributed by atoms with Crippen molar-refractivity contribution in [1.29, 1.82) is 0 Å². The zero-order valence-electron chi connectivity index (χ0n) is 13.2. The molecule has 0 aromatic carbocycles. The Bertz CT molecular complexity index is 410. The van der Waals surface area contributed by atoms with E-state index in [1.54, 1.807) is 6.33 Å². The summed E-state index contributed by atoms with van der Waals surface area (Å²) in [6, 6.07) is 0.299. The molecule has 114 valence electrons. The van der Waals surface area contributed by atoms with E-state index in [2.05, 4.69) is 29.2 Å². The molecule has 1 N–H and O–H groups in total. The van der Waals surface area contributed by atoms with Crippen LogP contribution >= 0.6 is 0 Å². The van der Waals surface area contributed by atoms with Crippen molar-refractivity contribution >= 4 is 0 Å². The second-order valence-electron chi connectivity index (χ2n) is 6.07. The van der Waals surface area contributed by atoms with Crippen LogP contribution in [0.25, 0.3) is 0 Å². The minimum Gasteiger partial charge on any atom is -0.377 e. The van der Waals surface area contributed by atoms with Gasteiger partial charge in [-0.25, -0.2) is 4.98 Å². The molecule has 1 aromatic rings. The maximum absolute atomic E-state index is 6.01. The monoisotopic (exact) mass is 280 g/mol. The summed E-state index contributed by atoms with van der Waals surface area (Å²) in [4.78, 5) is 4.37. The molecule has 0 radical (unpaired) electrons. The van der Waals surface area contributed by atoms with Crippen LogP contribution in [0.2, 0.25) is 0 Å². The first-order chi connectivity index (χ1) is 9.61. The highest BCUT2D eigenvalue weighted by Gasteiger charge is 2.41. The van der Waals surface area contributed by atoms with Gasteiger partial charge in [-0.1, -0.05) is 13.8 Å². The number of hydrogen-bond acceptors (Lipinski definition) is 4. The molecule has 0 bridgehead atoms. The fourth-order valence-corrected chi connectivity index (χ4v) is 3.32. The van der Waals surface area contributed by atoms with Crippen LogP contribution in [0.4, 0.5) is 0 Å². The van der Waals surface area contributed by atoms with E-state index in [1.807, 2.05) is 18.8 Å². The number of hydrogen-bond donors (Lipinski definition) is 1. The Morgan fingerprint density at radius 3 is 2.70 bits per heavy atom. The van der Waals surface area contributed by atoms with Crippen LogP contribution < -0.4 is 5.32 Å². The molecule has 0 aliphatic heterocycles. The third-order valence-electron chi connectivity index (χ3n) is 4.80. The van der Waals surface area contributed by atoms with E-state index in [0.717, 1.165) is 37.5 Å². The van der Waals surface area contributed by atoms with Crippen LogP contribution in [0, 0.1) is 5.92 Å². The maximum Gasteiger partial charge on any atom is 0.138 e. The number of ether oxygens (including phenoxy) is 1. The summed E-state index contributed by atoms with van der Waals surface area (Å²) in [7, 11) is 3.81. The second-order valence-corrected chi connectivity index (χ2v) is 6.07. The number of nitrogens with zero attached hydrogens (tertiary/aromatic N) is 3. The highest BCUT2D eigenvalue weighted by Crippen LogP contribution is 2.37. The zero-order valence-corrected chi connectivity index (χ0v) is 13.2. The second kappa shape index (κ2) is 6.68. The Kier molecular flexibility index (Phi) is 5.16. The van der Waals surface area contributed by atoms with Crippen LogP contribution in [0.15, 0.2) is 6.33 Å². The molecule has 2 rings (SSSR count). The molecule has 20 heavy (non-hydrogen) atoms. The van der Waals surface area contributed by atoms with Gasteiger partial charge in [0, 0.05) is 26.6 Å². The van der Waals surface area contributed by atoms with E-state index < -0.39 is 0 Å². The van der Waals surface area contributed by atoms with E-state index in [9.17, 15) is 0 Å². The molecule has 1 aliphatic carbocycles. The normalized spacial score (nSPS) is 28.5. The highest BCUT2D eigenvalue weighted by atomic mass is 16.5. The molecule has 1 heterocycles. The van der Waals surface area contributed by atoms with E-state index >= 15 is 0 Å². The summed E-state index contributed by atoms with van der Waals surface area (Å²) < 4.78 is 7.87. The lowest BCUT2D eigenvalue weighted by atomic mass is 9.74. The molecule has 1 aromatic heterocycles. The number of aromatic nitrogens is 3. The van der Waals surface area contributed by atoms with Gasteiger partial charge < -0.3 is 10.1 Å². The van der Waals surface area contributed by atoms with Gasteiger partial charge in [0.05, 0.1) is 5.60 Å². The minimum absolute atomic E-state index is 0.0610. The third-order valence-corrected chi connectivity index (χ3v) is 4.80. The Hall–Kier alpha value is -0.940. The van der Waals surface area contributed by atoms with E-state index in [0.29, 0.717) is 6.04 Å². The first kappa shape index (κ1) is 15.4. The largest absolute Gasteiger partial charge is 0.377 e. The van der Waals surface area contributed by atoms with Crippen molar-refractivity contribution in [2.45, 2.75) is 57.6 Å². The van der Waals surface area contributed by atoms with Gasteiger partial charge in [0.2, 0.25) is 0 Å². The zero-order chi connectivity index (χ0) is 14.6. The van der Waals surface area contributed by atoms with Crippen molar-refractivity contribution in [2.75, 3.05) is 13.7 Å². The van der Waals surface area contributed by atoms with Gasteiger partial charge in [0.15, 0.2) is 0 Å². The Balaban J connectivity index is 2.15. The van der Waals surface area contributed by atoms with Crippen molar-refractivity contribution < 1.29 is 4.74 Å². The molecule has 1 atom stereocenters. The SMILES string of the molecule is CCNC(Cc1ncnn1C)C1(OC)CCC(C)CC1. The average Bonchev–Trinajstić information content (AvgIpc) is 2.85. The fraction of sp³-hybridized carbons (Fsp3) is 0.867. The van der Waals surface area contributed by atoms with Crippen molar-refractivity contribution in [3.63, 3.8) is 0 Å². The van der Waals surface area contributed by atoms with Crippen molar-refractivity contribution in [2.24, 2.45) is 13.0 Å². The summed E-state index contributed by atoms with van der Waals surface area (Å²) >= 11 is 0. The Morgan fingerprint density at radius 1 is 1.50 bits per heavy atom. The van der Waals surface area contributed by atoms with Gasteiger partial charge in [0.1, 0.15) is 12.2 Å². The fourth-order valence-electron chi connectivity index (χ4n) is 3.32. The first-order valence-electron chi connectivity index (χ1n) is 7.72. The summed E-state index contributed by atoms with van der Waals surface area (Å²) in [5.74, 6) is 1.83. The van der Waals surface area contributed by atoms with E-state index in [4.69, 9.17) is 4.74 Å². The Morgan fingerprint density at radius 2 is 2.20 bits per heavy atom. The van der Waals surface area contributed by atoms with Gasteiger partial charge in [-0.15, -0.1) is 0 Å². The number of nitrogens with one attached hydrogen (secondary N) is 1. The molecular weight excluding hydrogens is 252 g/mol. The summed E-state index contributed by atoms with van der Waals surface area (Å²) in [6.07, 6.45) is 7.23. The van der Waals surface area contributed by atoms with Gasteiger partial charge in [0.25, 0.3) is 0 Å². The molecule has 0 saturated heterocycles. The summed E-state index contributed by atoms with van der Waals surface area (Å²) in [5, 5.41) is 7.79. The molecule has 1 fully saturated rings. The lowest BCUT2D eigenvalue weighted by Gasteiger charge is -2.44. The lowest BCUT2D eigenvalue weighted by Crippen LogP contribution is -2.55. The topological polar surface area (TPSA) is 52.0 Å². The third kappa shape index (κ3) is 3.20. The number of methoxy groups -OCH3 is 1. The van der Waals surface area contributed by atoms with Crippen LogP contribution in [-0.2, 0) is 18.2 Å². The molecule has 5 heteroatoms. The van der Waals surface area contributed by atoms with Crippen LogP contribution in [-0.4, -0.2) is 40.1 Å². The van der Waals surface area contributed by atoms with E-state index in [1.165, 1.54) is 12.8 Å². The predicted octanol–water partition coefficient (Wildman–Crippen LogP) is 1.93. The maximum atomic E-state index is 6.01. The number of likely N-dealkylation sites (N-methyl/N-ethyl adjacent to an activating group) is 1. The van der Waals surface area contributed by atoms with Crippen LogP contribution in [0.5, 0.6) is 0 Å². The summed E-state index contributed by atoms with van der Waals surface area (Å²) in [6.45, 7) is 5.44. The average molecular weight is 280 g/mol. The standard InChI is InChI=1S/C15H28N4O/c1-5-16-13(10-14-17-11-18-19(14)3)15(20-4)8-6-12(2)7-9-15/h11-13,16H,5-10H2,1-4H3. The molecule has 5 nitrogen and oxygen atoms in total. The van der Waals surface area contributed by atoms with E-state index in [-0.39, 0.29) is 5.60 Å². The first-order valence-corrected chi connectivity index (χ1v) is 7.72. The molecule has 0 amide bonds. The molecular formula is C15H28N4O. The van der Waals surface area contributed by atoms with Gasteiger partial charge in [-0.3, -0.25) is 4.68 Å². The quantitative estimate of drug-likeness (QED) is 0.865. The smallest absolute Gasteiger partial charge is 0.138 e. The van der Waals surface area contributed by atoms with Crippen molar-refractivity contribution in [3.05, 3.63) is 12.2 Å². The number of rotatable bonds is 6. The van der Waals surface area contributed by atoms with Crippen molar-refractivity contribution in [3.8, 4) is 0 Å². The van der Waals surface area contributed by atoms with Crippen molar-refractivity contribution in [1.82, 2.24) is 20.1 Å². The van der Waals surface area contributed by atoms with Gasteiger partial charge in [-0.05, 0) is 38.1 Å². The van der Waals surface area contributed by atoms with Gasteiger partial charge >= 0.3 is 0 Å². The Labute approximate surface area is 122 Å². The highest BCUT2D eigenvalue weighted by molar-refractivity contribution is 5.01. The summed E-state index contributed by atoms with van der Waals surface area (Å²) in [5.41, 5.74) is -0.0610.